The predicted octanol–water partition coefficient (Wildman–Crippen LogP) is 3.28. The number of hydrogen-bond acceptors (Lipinski definition) is 3. The standard InChI is InChI=1S/C15H21F3N2O/c16-15(17,18)12-6-5-9-20-13(12)10-19-11-14(21)7-3-1-2-4-8-14/h5-6,9,19,21H,1-4,7-8,10-11H2. The Balaban J connectivity index is 1.94. The lowest BCUT2D eigenvalue weighted by Crippen LogP contribution is -2.40. The second kappa shape index (κ2) is 6.75. The van der Waals surface area contributed by atoms with Crippen molar-refractivity contribution in [2.45, 2.75) is 56.8 Å². The van der Waals surface area contributed by atoms with E-state index in [1.165, 1.54) is 12.3 Å². The summed E-state index contributed by atoms with van der Waals surface area (Å²) < 4.78 is 38.5. The summed E-state index contributed by atoms with van der Waals surface area (Å²) in [5, 5.41) is 13.4. The largest absolute Gasteiger partial charge is 0.418 e. The fourth-order valence-corrected chi connectivity index (χ4v) is 2.81. The zero-order valence-corrected chi connectivity index (χ0v) is 11.9. The Kier molecular flexibility index (Phi) is 5.22. The van der Waals surface area contributed by atoms with Crippen LogP contribution in [0.3, 0.4) is 0 Å². The van der Waals surface area contributed by atoms with Gasteiger partial charge in [-0.1, -0.05) is 25.7 Å². The third kappa shape index (κ3) is 4.68. The van der Waals surface area contributed by atoms with Crippen LogP contribution in [0.25, 0.3) is 0 Å². The molecule has 1 aliphatic rings. The van der Waals surface area contributed by atoms with Gasteiger partial charge in [0.05, 0.1) is 16.9 Å². The van der Waals surface area contributed by atoms with E-state index in [2.05, 4.69) is 10.3 Å². The van der Waals surface area contributed by atoms with E-state index < -0.39 is 17.3 Å². The molecule has 0 unspecified atom stereocenters. The summed E-state index contributed by atoms with van der Waals surface area (Å²) in [6.07, 6.45) is 2.52. The van der Waals surface area contributed by atoms with E-state index in [9.17, 15) is 18.3 Å². The lowest BCUT2D eigenvalue weighted by molar-refractivity contribution is -0.138. The van der Waals surface area contributed by atoms with Gasteiger partial charge in [-0.15, -0.1) is 0 Å². The summed E-state index contributed by atoms with van der Waals surface area (Å²) in [4.78, 5) is 3.80. The van der Waals surface area contributed by atoms with Crippen LogP contribution in [0.4, 0.5) is 13.2 Å². The maximum Gasteiger partial charge on any atom is 0.418 e. The molecule has 0 saturated heterocycles. The molecule has 0 amide bonds. The molecule has 0 bridgehead atoms. The Morgan fingerprint density at radius 2 is 1.86 bits per heavy atom. The van der Waals surface area contributed by atoms with Crippen LogP contribution in [0.2, 0.25) is 0 Å². The van der Waals surface area contributed by atoms with E-state index in [1.54, 1.807) is 0 Å². The molecule has 21 heavy (non-hydrogen) atoms. The van der Waals surface area contributed by atoms with E-state index in [0.717, 1.165) is 31.7 Å². The first kappa shape index (κ1) is 16.2. The summed E-state index contributed by atoms with van der Waals surface area (Å²) in [5.41, 5.74) is -1.54. The number of alkyl halides is 3. The van der Waals surface area contributed by atoms with Gasteiger partial charge in [0, 0.05) is 19.3 Å². The number of nitrogens with one attached hydrogen (secondary N) is 1. The van der Waals surface area contributed by atoms with Gasteiger partial charge >= 0.3 is 6.18 Å². The van der Waals surface area contributed by atoms with E-state index in [0.29, 0.717) is 19.4 Å². The molecule has 0 radical (unpaired) electrons. The molecule has 1 heterocycles. The zero-order chi connectivity index (χ0) is 15.3. The Bertz CT molecular complexity index is 454. The second-order valence-electron chi connectivity index (χ2n) is 5.74. The minimum atomic E-state index is -4.40. The Morgan fingerprint density at radius 3 is 2.48 bits per heavy atom. The van der Waals surface area contributed by atoms with Crippen molar-refractivity contribution in [3.05, 3.63) is 29.6 Å². The highest BCUT2D eigenvalue weighted by Crippen LogP contribution is 2.31. The number of halogens is 3. The molecule has 0 aromatic carbocycles. The van der Waals surface area contributed by atoms with Gasteiger partial charge in [-0.05, 0) is 25.0 Å². The van der Waals surface area contributed by atoms with E-state index in [-0.39, 0.29) is 12.2 Å². The molecular weight excluding hydrogens is 281 g/mol. The smallest absolute Gasteiger partial charge is 0.389 e. The van der Waals surface area contributed by atoms with Crippen molar-refractivity contribution < 1.29 is 18.3 Å². The molecule has 118 valence electrons. The van der Waals surface area contributed by atoms with E-state index in [4.69, 9.17) is 0 Å². The molecule has 0 spiro atoms. The average molecular weight is 302 g/mol. The molecule has 1 aliphatic carbocycles. The van der Waals surface area contributed by atoms with Crippen molar-refractivity contribution in [2.24, 2.45) is 0 Å². The second-order valence-corrected chi connectivity index (χ2v) is 5.74. The first-order valence-corrected chi connectivity index (χ1v) is 7.35. The van der Waals surface area contributed by atoms with Gasteiger partial charge in [-0.3, -0.25) is 4.98 Å². The van der Waals surface area contributed by atoms with Crippen molar-refractivity contribution in [3.8, 4) is 0 Å². The van der Waals surface area contributed by atoms with Crippen molar-refractivity contribution in [3.63, 3.8) is 0 Å². The quantitative estimate of drug-likeness (QED) is 0.839. The lowest BCUT2D eigenvalue weighted by atomic mass is 9.94. The van der Waals surface area contributed by atoms with Crippen LogP contribution >= 0.6 is 0 Å². The first-order valence-electron chi connectivity index (χ1n) is 7.35. The summed E-state index contributed by atoms with van der Waals surface area (Å²) in [7, 11) is 0. The van der Waals surface area contributed by atoms with Gasteiger partial charge in [-0.2, -0.15) is 13.2 Å². The third-order valence-corrected chi connectivity index (χ3v) is 3.98. The lowest BCUT2D eigenvalue weighted by Gasteiger charge is -2.27. The molecule has 1 fully saturated rings. The minimum Gasteiger partial charge on any atom is -0.389 e. The van der Waals surface area contributed by atoms with Gasteiger partial charge < -0.3 is 10.4 Å². The summed E-state index contributed by atoms with van der Waals surface area (Å²) >= 11 is 0. The van der Waals surface area contributed by atoms with Gasteiger partial charge in [0.25, 0.3) is 0 Å². The van der Waals surface area contributed by atoms with Crippen LogP contribution in [-0.2, 0) is 12.7 Å². The van der Waals surface area contributed by atoms with Gasteiger partial charge in [0.1, 0.15) is 0 Å². The maximum atomic E-state index is 12.8. The molecule has 6 heteroatoms. The molecule has 3 nitrogen and oxygen atoms in total. The Morgan fingerprint density at radius 1 is 1.19 bits per heavy atom. The minimum absolute atomic E-state index is 0.0119. The monoisotopic (exact) mass is 302 g/mol. The first-order chi connectivity index (χ1) is 9.91. The van der Waals surface area contributed by atoms with Gasteiger partial charge in [0.15, 0.2) is 0 Å². The highest BCUT2D eigenvalue weighted by molar-refractivity contribution is 5.22. The number of aliphatic hydroxyl groups is 1. The fourth-order valence-electron chi connectivity index (χ4n) is 2.81. The van der Waals surface area contributed by atoms with Crippen molar-refractivity contribution in [1.82, 2.24) is 10.3 Å². The zero-order valence-electron chi connectivity index (χ0n) is 11.9. The van der Waals surface area contributed by atoms with Gasteiger partial charge in [0.2, 0.25) is 0 Å². The summed E-state index contributed by atoms with van der Waals surface area (Å²) in [5.74, 6) is 0. The van der Waals surface area contributed by atoms with Crippen LogP contribution in [0.5, 0.6) is 0 Å². The van der Waals surface area contributed by atoms with Crippen LogP contribution < -0.4 is 5.32 Å². The highest BCUT2D eigenvalue weighted by Gasteiger charge is 2.34. The molecular formula is C15H21F3N2O. The maximum absolute atomic E-state index is 12.8. The summed E-state index contributed by atoms with van der Waals surface area (Å²) in [6.45, 7) is 0.318. The molecule has 1 aromatic rings. The molecule has 1 saturated carbocycles. The molecule has 0 atom stereocenters. The number of rotatable bonds is 4. The SMILES string of the molecule is OC1(CNCc2ncccc2C(F)(F)F)CCCCCC1. The van der Waals surface area contributed by atoms with Crippen LogP contribution in [0.15, 0.2) is 18.3 Å². The molecule has 0 aliphatic heterocycles. The number of aromatic nitrogens is 1. The van der Waals surface area contributed by atoms with Gasteiger partial charge in [-0.25, -0.2) is 0 Å². The van der Waals surface area contributed by atoms with Crippen LogP contribution in [0.1, 0.15) is 49.8 Å². The number of nitrogens with zero attached hydrogens (tertiary/aromatic N) is 1. The van der Waals surface area contributed by atoms with Crippen LogP contribution in [0, 0.1) is 0 Å². The van der Waals surface area contributed by atoms with Crippen molar-refractivity contribution in [2.75, 3.05) is 6.54 Å². The van der Waals surface area contributed by atoms with Crippen LogP contribution in [-0.4, -0.2) is 22.2 Å². The number of hydrogen-bond donors (Lipinski definition) is 2. The van der Waals surface area contributed by atoms with E-state index in [1.807, 2.05) is 0 Å². The fraction of sp³-hybridized carbons (Fsp3) is 0.667. The number of pyridine rings is 1. The molecule has 2 N–H and O–H groups in total. The molecule has 2 rings (SSSR count). The topological polar surface area (TPSA) is 45.1 Å². The van der Waals surface area contributed by atoms with Crippen molar-refractivity contribution in [1.29, 1.82) is 0 Å². The molecule has 1 aromatic heterocycles. The highest BCUT2D eigenvalue weighted by atomic mass is 19.4. The predicted molar refractivity (Wildman–Crippen MR) is 73.6 cm³/mol. The van der Waals surface area contributed by atoms with E-state index >= 15 is 0 Å². The summed E-state index contributed by atoms with van der Waals surface area (Å²) in [6, 6.07) is 2.32. The average Bonchev–Trinajstić information content (AvgIpc) is 2.63. The van der Waals surface area contributed by atoms with Crippen molar-refractivity contribution >= 4 is 0 Å². The normalized spacial score (nSPS) is 19.2. The Labute approximate surface area is 122 Å². The third-order valence-electron chi connectivity index (χ3n) is 3.98. The Hall–Kier alpha value is -1.14.